The number of nitrogens with zero attached hydrogens (tertiary/aromatic N) is 2. The highest BCUT2D eigenvalue weighted by atomic mass is 16.5. The van der Waals surface area contributed by atoms with Crippen LogP contribution in [-0.2, 0) is 6.54 Å². The second kappa shape index (κ2) is 10.1. The molecule has 2 amide bonds. The van der Waals surface area contributed by atoms with Crippen molar-refractivity contribution in [1.82, 2.24) is 15.4 Å². The van der Waals surface area contributed by atoms with Crippen LogP contribution < -0.4 is 14.8 Å². The van der Waals surface area contributed by atoms with E-state index in [9.17, 15) is 9.59 Å². The summed E-state index contributed by atoms with van der Waals surface area (Å²) in [4.78, 5) is 27.7. The summed E-state index contributed by atoms with van der Waals surface area (Å²) in [5, 5.41) is 6.83. The summed E-state index contributed by atoms with van der Waals surface area (Å²) in [7, 11) is 3.12. The highest BCUT2D eigenvalue weighted by Gasteiger charge is 2.29. The molecule has 1 N–H and O–H groups in total. The number of ether oxygens (including phenoxy) is 2. The third kappa shape index (κ3) is 5.23. The van der Waals surface area contributed by atoms with E-state index in [1.165, 1.54) is 19.3 Å². The molecule has 0 atom stereocenters. The van der Waals surface area contributed by atoms with Gasteiger partial charge in [-0.1, -0.05) is 24.4 Å². The van der Waals surface area contributed by atoms with Crippen LogP contribution in [0.25, 0.3) is 0 Å². The maximum Gasteiger partial charge on any atom is 0.273 e. The molecule has 2 aliphatic rings. The van der Waals surface area contributed by atoms with Gasteiger partial charge in [0.2, 0.25) is 0 Å². The fourth-order valence-corrected chi connectivity index (χ4v) is 4.21. The molecular formula is C24H31N3O5. The maximum atomic E-state index is 13.5. The topological polar surface area (TPSA) is 93.9 Å². The normalized spacial score (nSPS) is 16.4. The molecule has 1 heterocycles. The molecule has 2 fully saturated rings. The van der Waals surface area contributed by atoms with Gasteiger partial charge in [0.05, 0.1) is 20.8 Å². The Morgan fingerprint density at radius 2 is 1.81 bits per heavy atom. The molecule has 0 bridgehead atoms. The average molecular weight is 442 g/mol. The third-order valence-electron chi connectivity index (χ3n) is 6.27. The average Bonchev–Trinajstić information content (AvgIpc) is 3.55. The van der Waals surface area contributed by atoms with Crippen molar-refractivity contribution in [3.05, 3.63) is 41.3 Å². The number of methoxy groups -OCH3 is 2. The zero-order valence-corrected chi connectivity index (χ0v) is 18.8. The fraction of sp³-hybridized carbons (Fsp3) is 0.542. The Labute approximate surface area is 188 Å². The lowest BCUT2D eigenvalue weighted by Gasteiger charge is -2.34. The van der Waals surface area contributed by atoms with E-state index in [-0.39, 0.29) is 30.1 Å². The van der Waals surface area contributed by atoms with Gasteiger partial charge in [-0.05, 0) is 49.8 Å². The first-order chi connectivity index (χ1) is 15.6. The smallest absolute Gasteiger partial charge is 0.273 e. The summed E-state index contributed by atoms with van der Waals surface area (Å²) in [6.07, 6.45) is 7.58. The molecule has 0 unspecified atom stereocenters. The van der Waals surface area contributed by atoms with Crippen LogP contribution in [0.5, 0.6) is 11.5 Å². The number of rotatable bonds is 9. The Balaban J connectivity index is 1.52. The number of nitrogens with one attached hydrogen (secondary N) is 1. The van der Waals surface area contributed by atoms with Gasteiger partial charge in [0.25, 0.3) is 11.8 Å². The minimum absolute atomic E-state index is 0.103. The molecule has 1 aromatic carbocycles. The van der Waals surface area contributed by atoms with Crippen molar-refractivity contribution in [2.75, 3.05) is 20.8 Å². The first-order valence-electron chi connectivity index (χ1n) is 11.4. The van der Waals surface area contributed by atoms with Crippen LogP contribution in [0.2, 0.25) is 0 Å². The Kier molecular flexibility index (Phi) is 6.97. The van der Waals surface area contributed by atoms with Crippen molar-refractivity contribution in [3.8, 4) is 11.5 Å². The standard InChI is InChI=1S/C24H31N3O5/c1-30-21-11-10-17(12-22(21)31-2)24(29)27(18-6-4-3-5-7-18)15-19-13-20(26-32-19)23(28)25-14-16-8-9-16/h10-13,16,18H,3-9,14-15H2,1-2H3,(H,25,28). The molecule has 2 aliphatic carbocycles. The van der Waals surface area contributed by atoms with Crippen molar-refractivity contribution in [3.63, 3.8) is 0 Å². The molecule has 0 aliphatic heterocycles. The molecule has 172 valence electrons. The third-order valence-corrected chi connectivity index (χ3v) is 6.27. The molecule has 0 spiro atoms. The Bertz CT molecular complexity index is 947. The number of benzene rings is 1. The van der Waals surface area contributed by atoms with Crippen molar-refractivity contribution in [2.45, 2.75) is 57.5 Å². The molecule has 0 radical (unpaired) electrons. The molecular weight excluding hydrogens is 410 g/mol. The molecule has 32 heavy (non-hydrogen) atoms. The van der Waals surface area contributed by atoms with Gasteiger partial charge in [-0.3, -0.25) is 9.59 Å². The van der Waals surface area contributed by atoms with Crippen molar-refractivity contribution in [2.24, 2.45) is 5.92 Å². The quantitative estimate of drug-likeness (QED) is 0.636. The monoisotopic (exact) mass is 441 g/mol. The largest absolute Gasteiger partial charge is 0.493 e. The second-order valence-electron chi connectivity index (χ2n) is 8.63. The Morgan fingerprint density at radius 1 is 1.06 bits per heavy atom. The summed E-state index contributed by atoms with van der Waals surface area (Å²) >= 11 is 0. The van der Waals surface area contributed by atoms with Crippen LogP contribution >= 0.6 is 0 Å². The van der Waals surface area contributed by atoms with Gasteiger partial charge in [0, 0.05) is 24.2 Å². The molecule has 2 aromatic rings. The SMILES string of the molecule is COc1ccc(C(=O)N(Cc2cc(C(=O)NCC3CC3)no2)C2CCCCC2)cc1OC. The van der Waals surface area contributed by atoms with E-state index in [1.54, 1.807) is 38.5 Å². The number of hydrogen-bond donors (Lipinski definition) is 1. The van der Waals surface area contributed by atoms with Gasteiger partial charge >= 0.3 is 0 Å². The molecule has 8 heteroatoms. The predicted molar refractivity (Wildman–Crippen MR) is 118 cm³/mol. The summed E-state index contributed by atoms with van der Waals surface area (Å²) in [6, 6.07) is 6.94. The second-order valence-corrected chi connectivity index (χ2v) is 8.63. The zero-order valence-electron chi connectivity index (χ0n) is 18.8. The minimum atomic E-state index is -0.234. The van der Waals surface area contributed by atoms with Gasteiger partial charge in [0.15, 0.2) is 23.0 Å². The summed E-state index contributed by atoms with van der Waals surface area (Å²) in [5.41, 5.74) is 0.776. The maximum absolute atomic E-state index is 13.5. The van der Waals surface area contributed by atoms with Gasteiger partial charge < -0.3 is 24.2 Å². The highest BCUT2D eigenvalue weighted by Crippen LogP contribution is 2.31. The molecule has 1 aromatic heterocycles. The van der Waals surface area contributed by atoms with Crippen molar-refractivity contribution < 1.29 is 23.6 Å². The van der Waals surface area contributed by atoms with Gasteiger partial charge in [-0.2, -0.15) is 0 Å². The van der Waals surface area contributed by atoms with Gasteiger partial charge in [0.1, 0.15) is 0 Å². The van der Waals surface area contributed by atoms with E-state index in [0.29, 0.717) is 35.3 Å². The van der Waals surface area contributed by atoms with Crippen molar-refractivity contribution in [1.29, 1.82) is 0 Å². The predicted octanol–water partition coefficient (Wildman–Crippen LogP) is 3.81. The van der Waals surface area contributed by atoms with Gasteiger partial charge in [-0.15, -0.1) is 0 Å². The van der Waals surface area contributed by atoms with Crippen molar-refractivity contribution >= 4 is 11.8 Å². The van der Waals surface area contributed by atoms with Crippen LogP contribution in [-0.4, -0.2) is 48.7 Å². The first kappa shape index (κ1) is 22.2. The highest BCUT2D eigenvalue weighted by molar-refractivity contribution is 5.95. The van der Waals surface area contributed by atoms with E-state index in [0.717, 1.165) is 25.7 Å². The van der Waals surface area contributed by atoms with E-state index >= 15 is 0 Å². The zero-order chi connectivity index (χ0) is 22.5. The van der Waals surface area contributed by atoms with Crippen LogP contribution in [0.15, 0.2) is 28.8 Å². The summed E-state index contributed by atoms with van der Waals surface area (Å²) < 4.78 is 16.1. The van der Waals surface area contributed by atoms with Gasteiger partial charge in [-0.25, -0.2) is 0 Å². The molecule has 4 rings (SSSR count). The molecule has 2 saturated carbocycles. The van der Waals surface area contributed by atoms with Crippen LogP contribution in [0.1, 0.15) is 71.6 Å². The van der Waals surface area contributed by atoms with E-state index in [1.807, 2.05) is 4.90 Å². The van der Waals surface area contributed by atoms with Crippen LogP contribution in [0.3, 0.4) is 0 Å². The summed E-state index contributed by atoms with van der Waals surface area (Å²) in [5.74, 6) is 1.84. The Hall–Kier alpha value is -3.03. The number of carbonyl (C=O) groups is 2. The van der Waals surface area contributed by atoms with E-state index in [4.69, 9.17) is 14.0 Å². The first-order valence-corrected chi connectivity index (χ1v) is 11.4. The van der Waals surface area contributed by atoms with E-state index in [2.05, 4.69) is 10.5 Å². The lowest BCUT2D eigenvalue weighted by Crippen LogP contribution is -2.40. The lowest BCUT2D eigenvalue weighted by atomic mass is 9.93. The molecule has 0 saturated heterocycles. The fourth-order valence-electron chi connectivity index (χ4n) is 4.21. The van der Waals surface area contributed by atoms with Crippen LogP contribution in [0.4, 0.5) is 0 Å². The number of carbonyl (C=O) groups excluding carboxylic acids is 2. The Morgan fingerprint density at radius 3 is 2.50 bits per heavy atom. The van der Waals surface area contributed by atoms with E-state index < -0.39 is 0 Å². The minimum Gasteiger partial charge on any atom is -0.493 e. The molecule has 8 nitrogen and oxygen atoms in total. The number of hydrogen-bond acceptors (Lipinski definition) is 6. The number of aromatic nitrogens is 1. The number of amides is 2. The summed E-state index contributed by atoms with van der Waals surface area (Å²) in [6.45, 7) is 0.938. The van der Waals surface area contributed by atoms with Crippen LogP contribution in [0, 0.1) is 5.92 Å². The lowest BCUT2D eigenvalue weighted by molar-refractivity contribution is 0.0590.